The molecule has 1 aliphatic heterocycles. The van der Waals surface area contributed by atoms with Crippen molar-refractivity contribution < 1.29 is 4.79 Å². The molecule has 1 amide bonds. The second kappa shape index (κ2) is 6.81. The lowest BCUT2D eigenvalue weighted by atomic mass is 10.1. The number of hydrogen-bond donors (Lipinski definition) is 2. The lowest BCUT2D eigenvalue weighted by molar-refractivity contribution is 0.0929. The molecule has 0 aromatic heterocycles. The average Bonchev–Trinajstić information content (AvgIpc) is 2.41. The zero-order chi connectivity index (χ0) is 12.8. The van der Waals surface area contributed by atoms with Gasteiger partial charge in [0.1, 0.15) is 0 Å². The number of thioether (sulfide) groups is 1. The molecule has 1 fully saturated rings. The van der Waals surface area contributed by atoms with Crippen LogP contribution in [-0.2, 0) is 5.75 Å². The number of carbonyl (C=O) groups is 1. The molecule has 3 nitrogen and oxygen atoms in total. The van der Waals surface area contributed by atoms with Crippen molar-refractivity contribution in [2.45, 2.75) is 24.6 Å². The summed E-state index contributed by atoms with van der Waals surface area (Å²) in [5.41, 5.74) is 2.03. The van der Waals surface area contributed by atoms with Crippen LogP contribution in [0.3, 0.4) is 0 Å². The fraction of sp³-hybridized carbons (Fsp3) is 0.500. The van der Waals surface area contributed by atoms with Crippen molar-refractivity contribution in [3.8, 4) is 0 Å². The number of amides is 1. The number of rotatable bonds is 4. The molecule has 1 heterocycles. The highest BCUT2D eigenvalue weighted by molar-refractivity contribution is 7.97. The van der Waals surface area contributed by atoms with E-state index in [9.17, 15) is 4.79 Å². The van der Waals surface area contributed by atoms with Gasteiger partial charge in [-0.1, -0.05) is 12.1 Å². The minimum absolute atomic E-state index is 0.0533. The van der Waals surface area contributed by atoms with Gasteiger partial charge < -0.3 is 10.6 Å². The van der Waals surface area contributed by atoms with E-state index in [2.05, 4.69) is 16.9 Å². The smallest absolute Gasteiger partial charge is 0.251 e. The summed E-state index contributed by atoms with van der Waals surface area (Å²) in [6.07, 6.45) is 4.13. The molecule has 0 unspecified atom stereocenters. The van der Waals surface area contributed by atoms with Crippen molar-refractivity contribution in [1.29, 1.82) is 0 Å². The Bertz CT molecular complexity index is 385. The number of nitrogens with one attached hydrogen (secondary N) is 2. The highest BCUT2D eigenvalue weighted by Crippen LogP contribution is 2.11. The number of carbonyl (C=O) groups excluding carboxylic acids is 1. The van der Waals surface area contributed by atoms with Crippen LogP contribution in [-0.4, -0.2) is 31.3 Å². The Morgan fingerprint density at radius 2 is 2.00 bits per heavy atom. The highest BCUT2D eigenvalue weighted by Gasteiger charge is 2.16. The second-order valence-corrected chi connectivity index (χ2v) is 5.49. The first-order chi connectivity index (χ1) is 8.79. The molecule has 0 bridgehead atoms. The molecule has 1 aromatic rings. The van der Waals surface area contributed by atoms with E-state index in [1.165, 1.54) is 5.56 Å². The van der Waals surface area contributed by atoms with Crippen molar-refractivity contribution in [3.63, 3.8) is 0 Å². The quantitative estimate of drug-likeness (QED) is 0.874. The van der Waals surface area contributed by atoms with Crippen LogP contribution in [0.1, 0.15) is 28.8 Å². The molecule has 0 saturated carbocycles. The maximum absolute atomic E-state index is 12.0. The molecule has 4 heteroatoms. The summed E-state index contributed by atoms with van der Waals surface area (Å²) >= 11 is 1.79. The van der Waals surface area contributed by atoms with Gasteiger partial charge in [0.25, 0.3) is 5.91 Å². The Morgan fingerprint density at radius 1 is 1.33 bits per heavy atom. The van der Waals surface area contributed by atoms with Gasteiger partial charge in [-0.25, -0.2) is 0 Å². The monoisotopic (exact) mass is 264 g/mol. The minimum Gasteiger partial charge on any atom is -0.349 e. The normalized spacial score (nSPS) is 16.5. The van der Waals surface area contributed by atoms with Crippen molar-refractivity contribution >= 4 is 17.7 Å². The van der Waals surface area contributed by atoms with Crippen LogP contribution in [0.25, 0.3) is 0 Å². The Balaban J connectivity index is 1.91. The third kappa shape index (κ3) is 3.75. The molecule has 98 valence electrons. The van der Waals surface area contributed by atoms with Gasteiger partial charge in [-0.05, 0) is 49.9 Å². The standard InChI is InChI=1S/C14H20N2OS/c1-18-10-11-2-4-12(5-3-11)14(17)16-13-6-8-15-9-7-13/h2-5,13,15H,6-10H2,1H3,(H,16,17). The molecular weight excluding hydrogens is 244 g/mol. The van der Waals surface area contributed by atoms with E-state index in [4.69, 9.17) is 0 Å². The summed E-state index contributed by atoms with van der Waals surface area (Å²) in [4.78, 5) is 12.0. The van der Waals surface area contributed by atoms with E-state index in [-0.39, 0.29) is 5.91 Å². The van der Waals surface area contributed by atoms with Gasteiger partial charge in [-0.2, -0.15) is 11.8 Å². The van der Waals surface area contributed by atoms with Gasteiger partial charge in [0.05, 0.1) is 0 Å². The topological polar surface area (TPSA) is 41.1 Å². The van der Waals surface area contributed by atoms with E-state index >= 15 is 0 Å². The first-order valence-corrected chi connectivity index (χ1v) is 7.78. The van der Waals surface area contributed by atoms with Crippen molar-refractivity contribution in [2.75, 3.05) is 19.3 Å². The van der Waals surface area contributed by atoms with Gasteiger partial charge in [0.2, 0.25) is 0 Å². The Kier molecular flexibility index (Phi) is 5.08. The second-order valence-electron chi connectivity index (χ2n) is 4.63. The van der Waals surface area contributed by atoms with Crippen LogP contribution < -0.4 is 10.6 Å². The van der Waals surface area contributed by atoms with Crippen molar-refractivity contribution in [1.82, 2.24) is 10.6 Å². The van der Waals surface area contributed by atoms with Crippen LogP contribution in [0.5, 0.6) is 0 Å². The van der Waals surface area contributed by atoms with Gasteiger partial charge in [0, 0.05) is 17.4 Å². The van der Waals surface area contributed by atoms with Crippen LogP contribution in [0.4, 0.5) is 0 Å². The zero-order valence-electron chi connectivity index (χ0n) is 10.7. The molecule has 0 spiro atoms. The molecule has 0 atom stereocenters. The third-order valence-corrected chi connectivity index (χ3v) is 3.82. The lowest BCUT2D eigenvalue weighted by Crippen LogP contribution is -2.42. The summed E-state index contributed by atoms with van der Waals surface area (Å²) in [5.74, 6) is 1.05. The molecule has 1 aliphatic rings. The summed E-state index contributed by atoms with van der Waals surface area (Å²) in [7, 11) is 0. The summed E-state index contributed by atoms with van der Waals surface area (Å²) < 4.78 is 0. The molecule has 1 saturated heterocycles. The predicted octanol–water partition coefficient (Wildman–Crippen LogP) is 2.03. The SMILES string of the molecule is CSCc1ccc(C(=O)NC2CCNCC2)cc1. The van der Waals surface area contributed by atoms with Crippen LogP contribution >= 0.6 is 11.8 Å². The number of hydrogen-bond acceptors (Lipinski definition) is 3. The molecule has 0 aliphatic carbocycles. The van der Waals surface area contributed by atoms with Gasteiger partial charge >= 0.3 is 0 Å². The third-order valence-electron chi connectivity index (χ3n) is 3.20. The fourth-order valence-electron chi connectivity index (χ4n) is 2.15. The van der Waals surface area contributed by atoms with Crippen LogP contribution in [0.15, 0.2) is 24.3 Å². The van der Waals surface area contributed by atoms with E-state index < -0.39 is 0 Å². The Hall–Kier alpha value is -1.00. The fourth-order valence-corrected chi connectivity index (χ4v) is 2.68. The first-order valence-electron chi connectivity index (χ1n) is 6.39. The average molecular weight is 264 g/mol. The summed E-state index contributed by atoms with van der Waals surface area (Å²) in [6, 6.07) is 8.23. The van der Waals surface area contributed by atoms with Crippen LogP contribution in [0, 0.1) is 0 Å². The zero-order valence-corrected chi connectivity index (χ0v) is 11.6. The van der Waals surface area contributed by atoms with E-state index in [0.717, 1.165) is 37.2 Å². The van der Waals surface area contributed by atoms with Gasteiger partial charge in [-0.15, -0.1) is 0 Å². The van der Waals surface area contributed by atoms with Crippen molar-refractivity contribution in [3.05, 3.63) is 35.4 Å². The molecule has 0 radical (unpaired) electrons. The number of piperidine rings is 1. The lowest BCUT2D eigenvalue weighted by Gasteiger charge is -2.23. The van der Waals surface area contributed by atoms with Gasteiger partial charge in [0.15, 0.2) is 0 Å². The van der Waals surface area contributed by atoms with Gasteiger partial charge in [-0.3, -0.25) is 4.79 Å². The number of benzene rings is 1. The van der Waals surface area contributed by atoms with Crippen LogP contribution in [0.2, 0.25) is 0 Å². The molecular formula is C14H20N2OS. The molecule has 1 aromatic carbocycles. The molecule has 2 N–H and O–H groups in total. The Morgan fingerprint density at radius 3 is 2.61 bits per heavy atom. The largest absolute Gasteiger partial charge is 0.349 e. The van der Waals surface area contributed by atoms with E-state index in [0.29, 0.717) is 6.04 Å². The maximum Gasteiger partial charge on any atom is 0.251 e. The predicted molar refractivity (Wildman–Crippen MR) is 77.0 cm³/mol. The first kappa shape index (κ1) is 13.4. The molecule has 2 rings (SSSR count). The Labute approximate surface area is 113 Å². The van der Waals surface area contributed by atoms with E-state index in [1.807, 2.05) is 24.3 Å². The minimum atomic E-state index is 0.0533. The van der Waals surface area contributed by atoms with Crippen molar-refractivity contribution in [2.24, 2.45) is 0 Å². The maximum atomic E-state index is 12.0. The highest BCUT2D eigenvalue weighted by atomic mass is 32.2. The van der Waals surface area contributed by atoms with E-state index in [1.54, 1.807) is 11.8 Å². The summed E-state index contributed by atoms with van der Waals surface area (Å²) in [6.45, 7) is 2.00. The molecule has 18 heavy (non-hydrogen) atoms. The summed E-state index contributed by atoms with van der Waals surface area (Å²) in [5, 5.41) is 6.40.